The third kappa shape index (κ3) is 1.49. The van der Waals surface area contributed by atoms with Crippen LogP contribution < -0.4 is 0 Å². The first-order chi connectivity index (χ1) is 5.11. The van der Waals surface area contributed by atoms with Gasteiger partial charge in [0.2, 0.25) is 11.5 Å². The van der Waals surface area contributed by atoms with Crippen molar-refractivity contribution in [2.75, 3.05) is 0 Å². The van der Waals surface area contributed by atoms with E-state index >= 15 is 0 Å². The Morgan fingerprint density at radius 1 is 1.09 bits per heavy atom. The quantitative estimate of drug-likeness (QED) is 0.616. The molecule has 3 nitrogen and oxygen atoms in total. The first-order valence-electron chi connectivity index (χ1n) is 2.61. The standard InChI is InChI=1S/C6H2F2O3/c7-5(9)3-1-2-4(11-3)6(8)10/h1-2H. The maximum absolute atomic E-state index is 11.7. The number of carbonyl (C=O) groups is 2. The van der Waals surface area contributed by atoms with Gasteiger partial charge in [-0.1, -0.05) is 0 Å². The average Bonchev–Trinajstić information content (AvgIpc) is 2.33. The van der Waals surface area contributed by atoms with Crippen LogP contribution in [0.3, 0.4) is 0 Å². The van der Waals surface area contributed by atoms with Gasteiger partial charge in [0.15, 0.2) is 0 Å². The van der Waals surface area contributed by atoms with E-state index in [1.807, 2.05) is 0 Å². The van der Waals surface area contributed by atoms with Crippen LogP contribution in [-0.2, 0) is 0 Å². The third-order valence-electron chi connectivity index (χ3n) is 0.993. The second-order valence-corrected chi connectivity index (χ2v) is 1.71. The molecule has 0 saturated carbocycles. The minimum absolute atomic E-state index is 0.675. The molecule has 0 N–H and O–H groups in total. The van der Waals surface area contributed by atoms with Crippen molar-refractivity contribution < 1.29 is 22.8 Å². The summed E-state index contributed by atoms with van der Waals surface area (Å²) in [6.45, 7) is 0. The molecule has 0 radical (unpaired) electrons. The number of hydrogen-bond acceptors (Lipinski definition) is 3. The average molecular weight is 160 g/mol. The zero-order chi connectivity index (χ0) is 8.43. The van der Waals surface area contributed by atoms with E-state index in [-0.39, 0.29) is 0 Å². The summed E-state index contributed by atoms with van der Waals surface area (Å²) >= 11 is 0. The van der Waals surface area contributed by atoms with Gasteiger partial charge in [-0.3, -0.25) is 9.59 Å². The molecule has 0 saturated heterocycles. The SMILES string of the molecule is O=C(F)c1ccc(C(=O)F)o1. The van der Waals surface area contributed by atoms with Gasteiger partial charge < -0.3 is 4.42 Å². The second kappa shape index (κ2) is 2.61. The first-order valence-corrected chi connectivity index (χ1v) is 2.61. The van der Waals surface area contributed by atoms with Crippen molar-refractivity contribution in [3.05, 3.63) is 23.7 Å². The maximum Gasteiger partial charge on any atom is 0.367 e. The monoisotopic (exact) mass is 160 g/mol. The van der Waals surface area contributed by atoms with E-state index in [1.165, 1.54) is 0 Å². The number of halogens is 2. The van der Waals surface area contributed by atoms with Gasteiger partial charge in [-0.25, -0.2) is 0 Å². The van der Waals surface area contributed by atoms with Crippen LogP contribution in [0.25, 0.3) is 0 Å². The van der Waals surface area contributed by atoms with E-state index in [4.69, 9.17) is 0 Å². The lowest BCUT2D eigenvalue weighted by Gasteiger charge is -1.81. The molecule has 0 bridgehead atoms. The lowest BCUT2D eigenvalue weighted by molar-refractivity contribution is 0.0777. The second-order valence-electron chi connectivity index (χ2n) is 1.71. The molecular formula is C6H2F2O3. The van der Waals surface area contributed by atoms with E-state index < -0.39 is 23.6 Å². The van der Waals surface area contributed by atoms with Gasteiger partial charge >= 0.3 is 12.1 Å². The lowest BCUT2D eigenvalue weighted by atomic mass is 10.4. The highest BCUT2D eigenvalue weighted by molar-refractivity contribution is 5.89. The van der Waals surface area contributed by atoms with Gasteiger partial charge in [0, 0.05) is 0 Å². The van der Waals surface area contributed by atoms with Crippen LogP contribution in [0, 0.1) is 0 Å². The van der Waals surface area contributed by atoms with Crippen LogP contribution in [0.1, 0.15) is 21.1 Å². The molecule has 0 aliphatic carbocycles. The van der Waals surface area contributed by atoms with Crippen molar-refractivity contribution in [2.45, 2.75) is 0 Å². The highest BCUT2D eigenvalue weighted by Crippen LogP contribution is 2.09. The van der Waals surface area contributed by atoms with Crippen LogP contribution in [-0.4, -0.2) is 12.1 Å². The van der Waals surface area contributed by atoms with Crippen molar-refractivity contribution >= 4 is 12.1 Å². The van der Waals surface area contributed by atoms with Crippen LogP contribution in [0.5, 0.6) is 0 Å². The fourth-order valence-corrected chi connectivity index (χ4v) is 0.549. The molecule has 0 aliphatic heterocycles. The molecule has 0 atom stereocenters. The van der Waals surface area contributed by atoms with Crippen LogP contribution in [0.2, 0.25) is 0 Å². The molecule has 58 valence electrons. The Bertz CT molecular complexity index is 274. The smallest absolute Gasteiger partial charge is 0.367 e. The van der Waals surface area contributed by atoms with Gasteiger partial charge in [0.1, 0.15) is 0 Å². The molecule has 11 heavy (non-hydrogen) atoms. The largest absolute Gasteiger partial charge is 0.444 e. The molecule has 0 fully saturated rings. The fourth-order valence-electron chi connectivity index (χ4n) is 0.549. The van der Waals surface area contributed by atoms with Gasteiger partial charge in [-0.2, -0.15) is 8.78 Å². The fraction of sp³-hybridized carbons (Fsp3) is 0. The van der Waals surface area contributed by atoms with Crippen molar-refractivity contribution in [3.8, 4) is 0 Å². The van der Waals surface area contributed by atoms with Crippen molar-refractivity contribution in [2.24, 2.45) is 0 Å². The summed E-state index contributed by atoms with van der Waals surface area (Å²) in [5.41, 5.74) is 0. The maximum atomic E-state index is 11.7. The zero-order valence-electron chi connectivity index (χ0n) is 5.14. The predicted molar refractivity (Wildman–Crippen MR) is 29.6 cm³/mol. The Labute approximate surface area is 59.6 Å². The van der Waals surface area contributed by atoms with Crippen molar-refractivity contribution in [1.82, 2.24) is 0 Å². The Kier molecular flexibility index (Phi) is 1.80. The summed E-state index contributed by atoms with van der Waals surface area (Å²) in [7, 11) is 0. The zero-order valence-corrected chi connectivity index (χ0v) is 5.14. The van der Waals surface area contributed by atoms with Gasteiger partial charge in [-0.15, -0.1) is 0 Å². The van der Waals surface area contributed by atoms with Crippen molar-refractivity contribution in [3.63, 3.8) is 0 Å². The lowest BCUT2D eigenvalue weighted by Crippen LogP contribution is -1.87. The molecule has 1 aromatic heterocycles. The van der Waals surface area contributed by atoms with Crippen LogP contribution in [0.4, 0.5) is 8.78 Å². The van der Waals surface area contributed by atoms with E-state index in [0.717, 1.165) is 12.1 Å². The molecule has 5 heteroatoms. The normalized spacial score (nSPS) is 9.64. The summed E-state index contributed by atoms with van der Waals surface area (Å²) in [5, 5.41) is 0. The topological polar surface area (TPSA) is 47.3 Å². The van der Waals surface area contributed by atoms with E-state index in [0.29, 0.717) is 0 Å². The number of furan rings is 1. The highest BCUT2D eigenvalue weighted by atomic mass is 19.1. The number of rotatable bonds is 2. The predicted octanol–water partition coefficient (Wildman–Crippen LogP) is 1.50. The Morgan fingerprint density at radius 2 is 1.45 bits per heavy atom. The molecule has 0 unspecified atom stereocenters. The summed E-state index contributed by atoms with van der Waals surface area (Å²) in [5.74, 6) is -1.35. The Hall–Kier alpha value is -1.52. The molecule has 0 aliphatic rings. The summed E-state index contributed by atoms with van der Waals surface area (Å²) in [4.78, 5) is 19.8. The molecule has 0 spiro atoms. The third-order valence-corrected chi connectivity index (χ3v) is 0.993. The number of hydrogen-bond donors (Lipinski definition) is 0. The minimum Gasteiger partial charge on any atom is -0.444 e. The Balaban J connectivity index is 2.99. The number of carbonyl (C=O) groups excluding carboxylic acids is 2. The molecule has 0 aromatic carbocycles. The summed E-state index contributed by atoms with van der Waals surface area (Å²) in [6.07, 6.45) is 0. The van der Waals surface area contributed by atoms with Crippen LogP contribution >= 0.6 is 0 Å². The van der Waals surface area contributed by atoms with Crippen LogP contribution in [0.15, 0.2) is 16.5 Å². The molecular weight excluding hydrogens is 158 g/mol. The van der Waals surface area contributed by atoms with Gasteiger partial charge in [0.25, 0.3) is 0 Å². The molecule has 0 amide bonds. The van der Waals surface area contributed by atoms with E-state index in [2.05, 4.69) is 4.42 Å². The molecule has 1 heterocycles. The van der Waals surface area contributed by atoms with Gasteiger partial charge in [0.05, 0.1) is 0 Å². The van der Waals surface area contributed by atoms with Crippen molar-refractivity contribution in [1.29, 1.82) is 0 Å². The minimum atomic E-state index is -1.84. The first kappa shape index (κ1) is 7.59. The molecule has 1 aromatic rings. The highest BCUT2D eigenvalue weighted by Gasteiger charge is 2.13. The summed E-state index contributed by atoms with van der Waals surface area (Å²) < 4.78 is 27.6. The Morgan fingerprint density at radius 3 is 1.64 bits per heavy atom. The van der Waals surface area contributed by atoms with Gasteiger partial charge in [-0.05, 0) is 12.1 Å². The molecule has 1 rings (SSSR count). The van der Waals surface area contributed by atoms with E-state index in [9.17, 15) is 18.4 Å². The summed E-state index contributed by atoms with van der Waals surface area (Å²) in [6, 6.07) is -1.90. The van der Waals surface area contributed by atoms with E-state index in [1.54, 1.807) is 0 Å².